The van der Waals surface area contributed by atoms with E-state index in [9.17, 15) is 0 Å². The van der Waals surface area contributed by atoms with Crippen molar-refractivity contribution in [3.05, 3.63) is 182 Å². The summed E-state index contributed by atoms with van der Waals surface area (Å²) in [6.45, 7) is 0. The zero-order valence-electron chi connectivity index (χ0n) is 27.6. The number of fused-ring (bicyclic) bond motifs is 6. The second kappa shape index (κ2) is 11.9. The van der Waals surface area contributed by atoms with Gasteiger partial charge in [-0.05, 0) is 93.3 Å². The number of hydrogen-bond donors (Lipinski definition) is 0. The fraction of sp³-hybridized carbons (Fsp3) is 0. The Labute approximate surface area is 295 Å². The van der Waals surface area contributed by atoms with Crippen molar-refractivity contribution >= 4 is 43.4 Å². The van der Waals surface area contributed by atoms with Gasteiger partial charge in [-0.3, -0.25) is 4.98 Å². The molecule has 10 rings (SSSR count). The molecule has 0 amide bonds. The van der Waals surface area contributed by atoms with Gasteiger partial charge in [0.05, 0.1) is 40.0 Å². The fourth-order valence-electron chi connectivity index (χ4n) is 7.51. The minimum Gasteiger partial charge on any atom is -0.308 e. The average molecular weight is 651 g/mol. The first-order valence-corrected chi connectivity index (χ1v) is 17.2. The van der Waals surface area contributed by atoms with Gasteiger partial charge < -0.3 is 4.57 Å². The van der Waals surface area contributed by atoms with E-state index in [1.165, 1.54) is 32.3 Å². The van der Waals surface area contributed by atoms with Crippen LogP contribution in [-0.2, 0) is 0 Å². The highest BCUT2D eigenvalue weighted by molar-refractivity contribution is 6.13. The molecular formula is C47H30N4. The molecule has 0 atom stereocenters. The van der Waals surface area contributed by atoms with E-state index < -0.39 is 0 Å². The summed E-state index contributed by atoms with van der Waals surface area (Å²) >= 11 is 0. The highest BCUT2D eigenvalue weighted by Gasteiger charge is 2.16. The molecule has 0 unspecified atom stereocenters. The molecule has 0 spiro atoms. The van der Waals surface area contributed by atoms with Crippen LogP contribution >= 0.6 is 0 Å². The largest absolute Gasteiger partial charge is 0.308 e. The lowest BCUT2D eigenvalue weighted by Gasteiger charge is -2.14. The molecule has 0 aliphatic heterocycles. The van der Waals surface area contributed by atoms with Crippen molar-refractivity contribution in [3.63, 3.8) is 0 Å². The van der Waals surface area contributed by atoms with Gasteiger partial charge in [0.25, 0.3) is 0 Å². The van der Waals surface area contributed by atoms with E-state index in [2.05, 4.69) is 179 Å². The third kappa shape index (κ3) is 4.96. The molecule has 0 aliphatic rings. The van der Waals surface area contributed by atoms with Gasteiger partial charge in [-0.25, -0.2) is 9.97 Å². The molecule has 6 aromatic carbocycles. The molecule has 0 saturated carbocycles. The minimum atomic E-state index is 0.826. The lowest BCUT2D eigenvalue weighted by atomic mass is 9.95. The quantitative estimate of drug-likeness (QED) is 0.174. The Morgan fingerprint density at radius 2 is 1.00 bits per heavy atom. The van der Waals surface area contributed by atoms with E-state index in [1.54, 1.807) is 0 Å². The molecule has 238 valence electrons. The first-order valence-electron chi connectivity index (χ1n) is 17.2. The van der Waals surface area contributed by atoms with Gasteiger partial charge in [0.2, 0.25) is 0 Å². The van der Waals surface area contributed by atoms with E-state index in [-0.39, 0.29) is 0 Å². The number of para-hydroxylation sites is 1. The SMILES string of the molecule is c1ccc(-c2cc(-c3cccc(-c4cccc(-c5cc6ccccc6c6ccccc56)n4)n3)cc(-n3c4ccccc4c4ccncc43)c2)cc1. The molecule has 51 heavy (non-hydrogen) atoms. The maximum absolute atomic E-state index is 5.26. The molecule has 4 nitrogen and oxygen atoms in total. The van der Waals surface area contributed by atoms with Crippen LogP contribution in [0.15, 0.2) is 182 Å². The van der Waals surface area contributed by atoms with Gasteiger partial charge >= 0.3 is 0 Å². The minimum absolute atomic E-state index is 0.826. The van der Waals surface area contributed by atoms with Crippen LogP contribution in [0.5, 0.6) is 0 Å². The lowest BCUT2D eigenvalue weighted by molar-refractivity contribution is 1.16. The molecular weight excluding hydrogens is 621 g/mol. The van der Waals surface area contributed by atoms with Gasteiger partial charge in [0, 0.05) is 33.8 Å². The lowest BCUT2D eigenvalue weighted by Crippen LogP contribution is -1.97. The summed E-state index contributed by atoms with van der Waals surface area (Å²) in [5.41, 5.74) is 11.1. The predicted octanol–water partition coefficient (Wildman–Crippen LogP) is 11.9. The van der Waals surface area contributed by atoms with E-state index in [0.29, 0.717) is 0 Å². The Hall–Kier alpha value is -6.91. The van der Waals surface area contributed by atoms with Crippen molar-refractivity contribution in [2.75, 3.05) is 0 Å². The van der Waals surface area contributed by atoms with Crippen LogP contribution in [-0.4, -0.2) is 19.5 Å². The molecule has 0 fully saturated rings. The fourth-order valence-corrected chi connectivity index (χ4v) is 7.51. The predicted molar refractivity (Wildman–Crippen MR) is 211 cm³/mol. The van der Waals surface area contributed by atoms with E-state index in [1.807, 2.05) is 12.4 Å². The van der Waals surface area contributed by atoms with Crippen LogP contribution in [0.1, 0.15) is 0 Å². The Kier molecular flexibility index (Phi) is 6.78. The Balaban J connectivity index is 1.13. The normalized spacial score (nSPS) is 11.5. The summed E-state index contributed by atoms with van der Waals surface area (Å²) in [4.78, 5) is 15.0. The first kappa shape index (κ1) is 29.0. The summed E-state index contributed by atoms with van der Waals surface area (Å²) in [7, 11) is 0. The summed E-state index contributed by atoms with van der Waals surface area (Å²) in [6.07, 6.45) is 3.83. The van der Waals surface area contributed by atoms with E-state index in [4.69, 9.17) is 9.97 Å². The molecule has 0 saturated heterocycles. The van der Waals surface area contributed by atoms with E-state index in [0.717, 1.165) is 61.8 Å². The Bertz CT molecular complexity index is 2870. The number of benzene rings is 6. The van der Waals surface area contributed by atoms with Crippen LogP contribution in [0.3, 0.4) is 0 Å². The van der Waals surface area contributed by atoms with Crippen molar-refractivity contribution in [1.29, 1.82) is 0 Å². The van der Waals surface area contributed by atoms with Crippen LogP contribution in [0.2, 0.25) is 0 Å². The van der Waals surface area contributed by atoms with Crippen molar-refractivity contribution in [2.45, 2.75) is 0 Å². The average Bonchev–Trinajstić information content (AvgIpc) is 3.55. The van der Waals surface area contributed by atoms with Gasteiger partial charge in [-0.15, -0.1) is 0 Å². The van der Waals surface area contributed by atoms with Crippen LogP contribution in [0.4, 0.5) is 0 Å². The number of hydrogen-bond acceptors (Lipinski definition) is 3. The summed E-state index contributed by atoms with van der Waals surface area (Å²) in [6, 6.07) is 59.8. The van der Waals surface area contributed by atoms with Crippen LogP contribution in [0, 0.1) is 0 Å². The summed E-state index contributed by atoms with van der Waals surface area (Å²) < 4.78 is 2.32. The molecule has 4 heteroatoms. The maximum Gasteiger partial charge on any atom is 0.0893 e. The molecule has 0 radical (unpaired) electrons. The second-order valence-corrected chi connectivity index (χ2v) is 12.9. The zero-order valence-corrected chi connectivity index (χ0v) is 27.6. The molecule has 10 aromatic rings. The van der Waals surface area contributed by atoms with E-state index >= 15 is 0 Å². The Morgan fingerprint density at radius 3 is 1.84 bits per heavy atom. The van der Waals surface area contributed by atoms with Gasteiger partial charge in [0.15, 0.2) is 0 Å². The van der Waals surface area contributed by atoms with Crippen molar-refractivity contribution in [3.8, 4) is 50.7 Å². The van der Waals surface area contributed by atoms with Crippen molar-refractivity contribution in [1.82, 2.24) is 19.5 Å². The third-order valence-electron chi connectivity index (χ3n) is 9.86. The standard InChI is InChI=1S/C47H30N4/c1-2-12-31(13-3-1)33-26-34(28-35(27-33)51-46-23-9-8-18-39(46)40-24-25-48-30-47(40)51)42-19-10-21-44(49-42)45-22-11-20-43(50-45)41-29-32-14-4-5-15-36(32)37-16-6-7-17-38(37)41/h1-30H. The summed E-state index contributed by atoms with van der Waals surface area (Å²) in [5, 5.41) is 7.24. The van der Waals surface area contributed by atoms with Crippen LogP contribution < -0.4 is 0 Å². The number of aromatic nitrogens is 4. The van der Waals surface area contributed by atoms with Crippen molar-refractivity contribution < 1.29 is 0 Å². The molecule has 4 aromatic heterocycles. The second-order valence-electron chi connectivity index (χ2n) is 12.9. The third-order valence-corrected chi connectivity index (χ3v) is 9.86. The topological polar surface area (TPSA) is 43.6 Å². The van der Waals surface area contributed by atoms with Gasteiger partial charge in [-0.1, -0.05) is 109 Å². The highest BCUT2D eigenvalue weighted by Crippen LogP contribution is 2.37. The monoisotopic (exact) mass is 650 g/mol. The number of rotatable bonds is 5. The smallest absolute Gasteiger partial charge is 0.0893 e. The highest BCUT2D eigenvalue weighted by atomic mass is 15.0. The summed E-state index contributed by atoms with van der Waals surface area (Å²) in [5.74, 6) is 0. The molecule has 0 aliphatic carbocycles. The number of nitrogens with zero attached hydrogens (tertiary/aromatic N) is 4. The van der Waals surface area contributed by atoms with Crippen LogP contribution in [0.25, 0.3) is 94.1 Å². The first-order chi connectivity index (χ1) is 25.3. The van der Waals surface area contributed by atoms with Gasteiger partial charge in [-0.2, -0.15) is 0 Å². The zero-order chi connectivity index (χ0) is 33.7. The number of pyridine rings is 3. The molecule has 4 heterocycles. The molecule has 0 N–H and O–H groups in total. The maximum atomic E-state index is 5.26. The molecule has 0 bridgehead atoms. The Morgan fingerprint density at radius 1 is 0.373 bits per heavy atom. The van der Waals surface area contributed by atoms with Gasteiger partial charge in [0.1, 0.15) is 0 Å². The van der Waals surface area contributed by atoms with Crippen molar-refractivity contribution in [2.24, 2.45) is 0 Å².